The zero-order chi connectivity index (χ0) is 25.7. The molecule has 0 amide bonds. The van der Waals surface area contributed by atoms with Crippen LogP contribution in [0.1, 0.15) is 36.0 Å². The molecule has 1 heterocycles. The molecule has 0 fully saturated rings. The normalized spacial score (nSPS) is 16.9. The minimum Gasteiger partial charge on any atom is -0.387 e. The summed E-state index contributed by atoms with van der Waals surface area (Å²) in [6.07, 6.45) is 0.639. The zero-order valence-electron chi connectivity index (χ0n) is 19.4. The highest BCUT2D eigenvalue weighted by atomic mass is 35.5. The Balaban J connectivity index is 1.80. The molecular weight excluding hydrogens is 496 g/mol. The molecule has 1 atom stereocenters. The minimum atomic E-state index is -4.15. The van der Waals surface area contributed by atoms with E-state index in [1.54, 1.807) is 19.1 Å². The van der Waals surface area contributed by atoms with E-state index in [9.17, 15) is 8.42 Å². The first kappa shape index (κ1) is 25.1. The van der Waals surface area contributed by atoms with E-state index in [4.69, 9.17) is 27.7 Å². The Labute approximate surface area is 215 Å². The van der Waals surface area contributed by atoms with Crippen LogP contribution in [0, 0.1) is 11.3 Å². The van der Waals surface area contributed by atoms with Crippen LogP contribution in [0.2, 0.25) is 5.02 Å². The number of hydrogen-bond donors (Lipinski definition) is 1. The smallest absolute Gasteiger partial charge is 0.285 e. The summed E-state index contributed by atoms with van der Waals surface area (Å²) in [5.74, 6) is -0.0301. The van der Waals surface area contributed by atoms with Crippen molar-refractivity contribution in [3.8, 4) is 6.07 Å². The highest BCUT2D eigenvalue weighted by Gasteiger charge is 2.29. The van der Waals surface area contributed by atoms with Crippen LogP contribution in [0.25, 0.3) is 0 Å². The molecule has 0 aliphatic carbocycles. The van der Waals surface area contributed by atoms with Gasteiger partial charge in [-0.1, -0.05) is 54.1 Å². The summed E-state index contributed by atoms with van der Waals surface area (Å²) in [4.78, 5) is 4.13. The molecule has 182 valence electrons. The van der Waals surface area contributed by atoms with E-state index >= 15 is 0 Å². The van der Waals surface area contributed by atoms with Gasteiger partial charge >= 0.3 is 0 Å². The van der Waals surface area contributed by atoms with Gasteiger partial charge in [-0.25, -0.2) is 5.01 Å². The van der Waals surface area contributed by atoms with E-state index in [1.165, 1.54) is 29.3 Å². The second kappa shape index (κ2) is 10.7. The van der Waals surface area contributed by atoms with Gasteiger partial charge in [0, 0.05) is 17.5 Å². The lowest BCUT2D eigenvalue weighted by molar-refractivity contribution is 0.400. The van der Waals surface area contributed by atoms with Crippen LogP contribution >= 0.6 is 11.6 Å². The lowest BCUT2D eigenvalue weighted by atomic mass is 9.86. The van der Waals surface area contributed by atoms with Crippen molar-refractivity contribution in [3.63, 3.8) is 0 Å². The molecule has 0 saturated carbocycles. The number of halogens is 1. The first-order chi connectivity index (χ1) is 17.3. The number of rotatable bonds is 4. The Kier molecular flexibility index (Phi) is 7.48. The molecule has 0 bridgehead atoms. The summed E-state index contributed by atoms with van der Waals surface area (Å²) in [6.45, 7) is 1.92. The molecular formula is C26H23ClN6O2S. The standard InChI is InChI=1S/C26H23ClN6O2S/c1-18(29)30-26(32-36(34,35)23-13-7-19(17-28)8-14-23)33-16-15-24(20-5-3-2-4-6-20)25(31-33)21-9-11-22(27)12-10-21/h2-14,24H,15-16H2,1H3,(H2,29,30,32). The van der Waals surface area contributed by atoms with E-state index < -0.39 is 10.0 Å². The third kappa shape index (κ3) is 5.79. The number of guanidine groups is 1. The van der Waals surface area contributed by atoms with Crippen LogP contribution in [-0.2, 0) is 10.0 Å². The number of aliphatic imine (C=N–C) groups is 1. The SMILES string of the molecule is C/C(N)=N\C(=N\S(=O)(=O)c1ccc(C#N)cc1)N1CCC(c2ccccc2)C(c2ccc(Cl)cc2)=N1. The van der Waals surface area contributed by atoms with Crippen LogP contribution in [0.5, 0.6) is 0 Å². The summed E-state index contributed by atoms with van der Waals surface area (Å²) in [5, 5.41) is 15.9. The maximum absolute atomic E-state index is 13.1. The van der Waals surface area contributed by atoms with Gasteiger partial charge in [-0.15, -0.1) is 4.40 Å². The van der Waals surface area contributed by atoms with Crippen molar-refractivity contribution in [1.29, 1.82) is 5.26 Å². The topological polar surface area (TPSA) is 124 Å². The summed E-state index contributed by atoms with van der Waals surface area (Å²) >= 11 is 6.10. The molecule has 1 aliphatic heterocycles. The number of hydrazone groups is 1. The van der Waals surface area contributed by atoms with Gasteiger partial charge in [-0.2, -0.15) is 23.8 Å². The first-order valence-corrected chi connectivity index (χ1v) is 12.9. The Hall–Kier alpha value is -4.00. The molecule has 4 rings (SSSR count). The van der Waals surface area contributed by atoms with Gasteiger partial charge in [0.25, 0.3) is 16.0 Å². The largest absolute Gasteiger partial charge is 0.387 e. The monoisotopic (exact) mass is 518 g/mol. The number of nitrogens with two attached hydrogens (primary N) is 1. The van der Waals surface area contributed by atoms with E-state index in [1.807, 2.05) is 48.5 Å². The fraction of sp³-hybridized carbons (Fsp3) is 0.154. The van der Waals surface area contributed by atoms with Gasteiger partial charge in [0.1, 0.15) is 0 Å². The highest BCUT2D eigenvalue weighted by molar-refractivity contribution is 7.90. The second-order valence-electron chi connectivity index (χ2n) is 8.12. The van der Waals surface area contributed by atoms with E-state index in [-0.39, 0.29) is 22.6 Å². The predicted molar refractivity (Wildman–Crippen MR) is 142 cm³/mol. The first-order valence-electron chi connectivity index (χ1n) is 11.1. The van der Waals surface area contributed by atoms with E-state index in [0.717, 1.165) is 16.8 Å². The summed E-state index contributed by atoms with van der Waals surface area (Å²) < 4.78 is 30.1. The number of sulfonamides is 1. The minimum absolute atomic E-state index is 0.0250. The van der Waals surface area contributed by atoms with Crippen molar-refractivity contribution in [3.05, 3.63) is 101 Å². The Morgan fingerprint density at radius 1 is 1.08 bits per heavy atom. The molecule has 0 saturated heterocycles. The number of amidine groups is 1. The fourth-order valence-electron chi connectivity index (χ4n) is 3.82. The molecule has 36 heavy (non-hydrogen) atoms. The molecule has 2 N–H and O–H groups in total. The summed E-state index contributed by atoms with van der Waals surface area (Å²) in [7, 11) is -4.15. The third-order valence-corrected chi connectivity index (χ3v) is 7.04. The van der Waals surface area contributed by atoms with Crippen molar-refractivity contribution in [2.75, 3.05) is 6.54 Å². The molecule has 1 aliphatic rings. The quantitative estimate of drug-likeness (QED) is 0.401. The molecule has 8 nitrogen and oxygen atoms in total. The van der Waals surface area contributed by atoms with Crippen molar-refractivity contribution in [2.24, 2.45) is 20.2 Å². The molecule has 3 aromatic rings. The fourth-order valence-corrected chi connectivity index (χ4v) is 4.88. The van der Waals surface area contributed by atoms with Crippen LogP contribution in [0.4, 0.5) is 0 Å². The third-order valence-electron chi connectivity index (χ3n) is 5.52. The second-order valence-corrected chi connectivity index (χ2v) is 10.2. The maximum Gasteiger partial charge on any atom is 0.285 e. The number of nitriles is 1. The van der Waals surface area contributed by atoms with Crippen molar-refractivity contribution in [2.45, 2.75) is 24.2 Å². The number of benzene rings is 3. The summed E-state index contributed by atoms with van der Waals surface area (Å²) in [6, 6.07) is 24.8. The highest BCUT2D eigenvalue weighted by Crippen LogP contribution is 2.30. The van der Waals surface area contributed by atoms with Crippen LogP contribution < -0.4 is 5.73 Å². The number of nitrogens with zero attached hydrogens (tertiary/aromatic N) is 5. The molecule has 0 aromatic heterocycles. The van der Waals surface area contributed by atoms with E-state index in [0.29, 0.717) is 23.6 Å². The van der Waals surface area contributed by atoms with Gasteiger partial charge in [-0.05, 0) is 60.9 Å². The predicted octanol–water partition coefficient (Wildman–Crippen LogP) is 4.53. The Morgan fingerprint density at radius 3 is 2.36 bits per heavy atom. The van der Waals surface area contributed by atoms with Gasteiger partial charge in [0.05, 0.1) is 28.1 Å². The molecule has 3 aromatic carbocycles. The zero-order valence-corrected chi connectivity index (χ0v) is 21.0. The Bertz CT molecular complexity index is 1470. The molecule has 1 unspecified atom stereocenters. The van der Waals surface area contributed by atoms with Crippen LogP contribution in [-0.4, -0.2) is 37.5 Å². The lowest BCUT2D eigenvalue weighted by Crippen LogP contribution is -2.36. The maximum atomic E-state index is 13.1. The van der Waals surface area contributed by atoms with Crippen molar-refractivity contribution < 1.29 is 8.42 Å². The molecule has 0 spiro atoms. The van der Waals surface area contributed by atoms with Crippen molar-refractivity contribution >= 4 is 39.1 Å². The van der Waals surface area contributed by atoms with Crippen LogP contribution in [0.15, 0.2) is 98.2 Å². The van der Waals surface area contributed by atoms with Crippen molar-refractivity contribution in [1.82, 2.24) is 5.01 Å². The van der Waals surface area contributed by atoms with Gasteiger partial charge < -0.3 is 5.73 Å². The lowest BCUT2D eigenvalue weighted by Gasteiger charge is -2.30. The molecule has 0 radical (unpaired) electrons. The average molecular weight is 519 g/mol. The van der Waals surface area contributed by atoms with Gasteiger partial charge in [0.15, 0.2) is 0 Å². The van der Waals surface area contributed by atoms with E-state index in [2.05, 4.69) is 9.39 Å². The average Bonchev–Trinajstić information content (AvgIpc) is 2.88. The van der Waals surface area contributed by atoms with Crippen LogP contribution in [0.3, 0.4) is 0 Å². The molecule has 10 heteroatoms. The van der Waals surface area contributed by atoms with Gasteiger partial charge in [-0.3, -0.25) is 0 Å². The van der Waals surface area contributed by atoms with Gasteiger partial charge in [0.2, 0.25) is 0 Å². The Morgan fingerprint density at radius 2 is 1.75 bits per heavy atom. The number of hydrogen-bond acceptors (Lipinski definition) is 4. The summed E-state index contributed by atoms with van der Waals surface area (Å²) in [5.41, 5.74) is 8.84.